The zero-order valence-corrected chi connectivity index (χ0v) is 16.8. The highest BCUT2D eigenvalue weighted by atomic mass is 127. The van der Waals surface area contributed by atoms with Crippen LogP contribution in [-0.2, 0) is 17.9 Å². The van der Waals surface area contributed by atoms with E-state index in [-0.39, 0.29) is 30.6 Å². The number of ether oxygens (including phenoxy) is 1. The molecule has 4 nitrogen and oxygen atoms in total. The molecule has 0 amide bonds. The van der Waals surface area contributed by atoms with Crippen molar-refractivity contribution in [3.05, 3.63) is 35.4 Å². The molecule has 1 rings (SSSR count). The second-order valence-corrected chi connectivity index (χ2v) is 5.61. The Morgan fingerprint density at radius 2 is 1.76 bits per heavy atom. The van der Waals surface area contributed by atoms with Crippen LogP contribution in [-0.4, -0.2) is 25.3 Å². The molecule has 3 N–H and O–H groups in total. The van der Waals surface area contributed by atoms with E-state index in [2.05, 4.69) is 22.0 Å². The summed E-state index contributed by atoms with van der Waals surface area (Å²) in [4.78, 5) is 4.24. The van der Waals surface area contributed by atoms with E-state index in [1.54, 1.807) is 12.1 Å². The Morgan fingerprint density at radius 1 is 1.12 bits per heavy atom. The van der Waals surface area contributed by atoms with Crippen LogP contribution in [0.1, 0.15) is 43.7 Å². The molecule has 0 heterocycles. The van der Waals surface area contributed by atoms with Crippen LogP contribution in [0.4, 0.5) is 13.2 Å². The quantitative estimate of drug-likeness (QED) is 0.230. The highest BCUT2D eigenvalue weighted by Gasteiger charge is 2.27. The van der Waals surface area contributed by atoms with E-state index in [1.165, 1.54) is 19.3 Å². The van der Waals surface area contributed by atoms with E-state index in [9.17, 15) is 13.2 Å². The molecule has 0 saturated carbocycles. The van der Waals surface area contributed by atoms with Crippen molar-refractivity contribution in [2.75, 3.05) is 13.2 Å². The molecule has 0 saturated heterocycles. The van der Waals surface area contributed by atoms with E-state index in [0.717, 1.165) is 18.5 Å². The molecular formula is C17H27F3IN3O. The number of unbranched alkanes of at least 4 members (excludes halogenated alkanes) is 3. The van der Waals surface area contributed by atoms with Gasteiger partial charge in [-0.2, -0.15) is 13.2 Å². The normalized spacial score (nSPS) is 11.9. The number of guanidine groups is 1. The summed E-state index contributed by atoms with van der Waals surface area (Å²) in [6, 6.07) is 7.08. The molecule has 0 fully saturated rings. The summed E-state index contributed by atoms with van der Waals surface area (Å²) < 4.78 is 40.6. The average Bonchev–Trinajstić information content (AvgIpc) is 2.53. The number of hydrogen-bond donors (Lipinski definition) is 2. The van der Waals surface area contributed by atoms with Gasteiger partial charge in [-0.1, -0.05) is 50.5 Å². The van der Waals surface area contributed by atoms with Crippen molar-refractivity contribution < 1.29 is 17.9 Å². The Bertz CT molecular complexity index is 493. The molecule has 0 spiro atoms. The fraction of sp³-hybridized carbons (Fsp3) is 0.588. The maximum absolute atomic E-state index is 12.0. The molecule has 8 heteroatoms. The predicted molar refractivity (Wildman–Crippen MR) is 105 cm³/mol. The minimum atomic E-state index is -4.30. The van der Waals surface area contributed by atoms with Crippen LogP contribution in [0.3, 0.4) is 0 Å². The Hall–Kier alpha value is -1.03. The van der Waals surface area contributed by atoms with Crippen molar-refractivity contribution in [1.29, 1.82) is 0 Å². The van der Waals surface area contributed by atoms with Gasteiger partial charge in [-0.3, -0.25) is 0 Å². The van der Waals surface area contributed by atoms with E-state index >= 15 is 0 Å². The molecule has 1 aromatic carbocycles. The molecule has 25 heavy (non-hydrogen) atoms. The summed E-state index contributed by atoms with van der Waals surface area (Å²) in [5.74, 6) is 0.407. The minimum absolute atomic E-state index is 0. The number of nitrogens with one attached hydrogen (secondary N) is 1. The van der Waals surface area contributed by atoms with E-state index in [1.807, 2.05) is 12.1 Å². The van der Waals surface area contributed by atoms with Gasteiger partial charge < -0.3 is 15.8 Å². The molecule has 144 valence electrons. The number of benzene rings is 1. The number of hydrogen-bond acceptors (Lipinski definition) is 2. The first kappa shape index (κ1) is 24.0. The lowest BCUT2D eigenvalue weighted by Gasteiger charge is -2.08. The van der Waals surface area contributed by atoms with Crippen molar-refractivity contribution in [3.63, 3.8) is 0 Å². The molecule has 0 aliphatic rings. The van der Waals surface area contributed by atoms with Crippen molar-refractivity contribution in [2.24, 2.45) is 10.7 Å². The second kappa shape index (κ2) is 13.2. The van der Waals surface area contributed by atoms with Crippen LogP contribution in [0.15, 0.2) is 29.3 Å². The second-order valence-electron chi connectivity index (χ2n) is 5.61. The summed E-state index contributed by atoms with van der Waals surface area (Å²) in [5.41, 5.74) is 7.41. The van der Waals surface area contributed by atoms with Gasteiger partial charge in [-0.05, 0) is 17.5 Å². The van der Waals surface area contributed by atoms with Crippen LogP contribution in [0.5, 0.6) is 0 Å². The summed E-state index contributed by atoms with van der Waals surface area (Å²) in [7, 11) is 0. The highest BCUT2D eigenvalue weighted by Crippen LogP contribution is 2.16. The summed E-state index contributed by atoms with van der Waals surface area (Å²) in [6.07, 6.45) is 0.361. The van der Waals surface area contributed by atoms with E-state index in [4.69, 9.17) is 5.73 Å². The average molecular weight is 473 g/mol. The Balaban J connectivity index is 0.00000576. The maximum Gasteiger partial charge on any atom is 0.411 e. The lowest BCUT2D eigenvalue weighted by Crippen LogP contribution is -2.32. The molecule has 0 radical (unpaired) electrons. The van der Waals surface area contributed by atoms with Gasteiger partial charge in [0.15, 0.2) is 5.96 Å². The van der Waals surface area contributed by atoms with Crippen molar-refractivity contribution >= 4 is 29.9 Å². The highest BCUT2D eigenvalue weighted by molar-refractivity contribution is 14.0. The van der Waals surface area contributed by atoms with Crippen molar-refractivity contribution in [3.8, 4) is 0 Å². The molecule has 1 aromatic rings. The van der Waals surface area contributed by atoms with Gasteiger partial charge in [0.1, 0.15) is 6.61 Å². The van der Waals surface area contributed by atoms with Gasteiger partial charge in [0.05, 0.1) is 13.2 Å². The zero-order valence-electron chi connectivity index (χ0n) is 14.4. The third-order valence-electron chi connectivity index (χ3n) is 3.33. The Labute approximate surface area is 164 Å². The predicted octanol–water partition coefficient (Wildman–Crippen LogP) is 4.37. The zero-order chi connectivity index (χ0) is 17.8. The standard InChI is InChI=1S/C17H26F3N3O.HI/c1-2-3-4-5-10-22-16(21)23-11-14-6-8-15(9-7-14)12-24-13-17(18,19)20;/h6-9H,2-5,10-13H2,1H3,(H3,21,22,23);1H. The molecule has 0 aromatic heterocycles. The molecule has 0 aliphatic heterocycles. The monoisotopic (exact) mass is 473 g/mol. The fourth-order valence-corrected chi connectivity index (χ4v) is 2.03. The number of halogens is 4. The van der Waals surface area contributed by atoms with Crippen molar-refractivity contribution in [2.45, 2.75) is 51.9 Å². The van der Waals surface area contributed by atoms with E-state index < -0.39 is 12.8 Å². The lowest BCUT2D eigenvalue weighted by molar-refractivity contribution is -0.176. The van der Waals surface area contributed by atoms with Gasteiger partial charge >= 0.3 is 6.18 Å². The van der Waals surface area contributed by atoms with Gasteiger partial charge in [0.2, 0.25) is 0 Å². The molecule has 0 bridgehead atoms. The molecule has 0 atom stereocenters. The largest absolute Gasteiger partial charge is 0.411 e. The van der Waals surface area contributed by atoms with Crippen LogP contribution in [0.25, 0.3) is 0 Å². The third-order valence-corrected chi connectivity index (χ3v) is 3.33. The Kier molecular flexibility index (Phi) is 12.7. The van der Waals surface area contributed by atoms with Gasteiger partial charge in [-0.15, -0.1) is 24.0 Å². The van der Waals surface area contributed by atoms with Gasteiger partial charge in [0, 0.05) is 6.54 Å². The first-order valence-electron chi connectivity index (χ1n) is 8.17. The van der Waals surface area contributed by atoms with Crippen LogP contribution >= 0.6 is 24.0 Å². The summed E-state index contributed by atoms with van der Waals surface area (Å²) in [5, 5.41) is 3.07. The Morgan fingerprint density at radius 3 is 2.36 bits per heavy atom. The topological polar surface area (TPSA) is 59.6 Å². The van der Waals surface area contributed by atoms with Crippen molar-refractivity contribution in [1.82, 2.24) is 5.32 Å². The van der Waals surface area contributed by atoms with Gasteiger partial charge in [0.25, 0.3) is 0 Å². The molecule has 0 unspecified atom stereocenters. The van der Waals surface area contributed by atoms with E-state index in [0.29, 0.717) is 18.1 Å². The molecular weight excluding hydrogens is 446 g/mol. The smallest absolute Gasteiger partial charge is 0.370 e. The van der Waals surface area contributed by atoms with Crippen LogP contribution < -0.4 is 11.1 Å². The fourth-order valence-electron chi connectivity index (χ4n) is 2.03. The van der Waals surface area contributed by atoms with Crippen LogP contribution in [0.2, 0.25) is 0 Å². The summed E-state index contributed by atoms with van der Waals surface area (Å²) in [6.45, 7) is 2.10. The minimum Gasteiger partial charge on any atom is -0.370 e. The number of rotatable bonds is 10. The first-order chi connectivity index (χ1) is 11.4. The number of aliphatic imine (C=N–C) groups is 1. The lowest BCUT2D eigenvalue weighted by atomic mass is 10.1. The van der Waals surface area contributed by atoms with Gasteiger partial charge in [-0.25, -0.2) is 4.99 Å². The first-order valence-corrected chi connectivity index (χ1v) is 8.17. The third kappa shape index (κ3) is 12.9. The van der Waals surface area contributed by atoms with Crippen LogP contribution in [0, 0.1) is 0 Å². The summed E-state index contributed by atoms with van der Waals surface area (Å²) >= 11 is 0. The molecule has 0 aliphatic carbocycles. The maximum atomic E-state index is 12.0. The number of nitrogens with two attached hydrogens (primary N) is 1. The SMILES string of the molecule is CCCCCCNC(N)=NCc1ccc(COCC(F)(F)F)cc1.I. The number of nitrogens with zero attached hydrogens (tertiary/aromatic N) is 1. The number of alkyl halides is 3.